The van der Waals surface area contributed by atoms with Crippen molar-refractivity contribution in [1.82, 2.24) is 0 Å². The van der Waals surface area contributed by atoms with E-state index in [2.05, 4.69) is 136 Å². The molecule has 41 heavy (non-hydrogen) atoms. The van der Waals surface area contributed by atoms with Crippen LogP contribution in [-0.4, -0.2) is 18.3 Å². The fourth-order valence-corrected chi connectivity index (χ4v) is 5.55. The summed E-state index contributed by atoms with van der Waals surface area (Å²) < 4.78 is 18.9. The molecule has 1 aromatic heterocycles. The highest BCUT2D eigenvalue weighted by Crippen LogP contribution is 2.39. The molecule has 6 aromatic rings. The lowest BCUT2D eigenvalue weighted by molar-refractivity contribution is 0.00578. The quantitative estimate of drug-likeness (QED) is 0.206. The Hall–Kier alpha value is -4.32. The number of nitrogens with zero attached hydrogens (tertiary/aromatic N) is 1. The van der Waals surface area contributed by atoms with E-state index in [0.29, 0.717) is 0 Å². The summed E-state index contributed by atoms with van der Waals surface area (Å²) >= 11 is 0. The Morgan fingerprint density at radius 1 is 0.537 bits per heavy atom. The van der Waals surface area contributed by atoms with Gasteiger partial charge in [-0.2, -0.15) is 0 Å². The van der Waals surface area contributed by atoms with E-state index in [4.69, 9.17) is 13.7 Å². The lowest BCUT2D eigenvalue weighted by atomic mass is 9.79. The molecule has 1 saturated heterocycles. The van der Waals surface area contributed by atoms with Crippen LogP contribution in [0.2, 0.25) is 0 Å². The molecule has 0 N–H and O–H groups in total. The lowest BCUT2D eigenvalue weighted by Gasteiger charge is -2.32. The van der Waals surface area contributed by atoms with Crippen molar-refractivity contribution < 1.29 is 13.7 Å². The van der Waals surface area contributed by atoms with Crippen LogP contribution in [0.3, 0.4) is 0 Å². The molecule has 202 valence electrons. The highest BCUT2D eigenvalue weighted by molar-refractivity contribution is 6.62. The fourth-order valence-electron chi connectivity index (χ4n) is 5.55. The van der Waals surface area contributed by atoms with Crippen LogP contribution in [0.15, 0.2) is 126 Å². The first-order valence-electron chi connectivity index (χ1n) is 14.1. The first-order valence-corrected chi connectivity index (χ1v) is 14.1. The van der Waals surface area contributed by atoms with Crippen LogP contribution in [0, 0.1) is 0 Å². The van der Waals surface area contributed by atoms with Gasteiger partial charge in [-0.25, -0.2) is 0 Å². The molecular formula is C36H32BNO3. The monoisotopic (exact) mass is 537 g/mol. The van der Waals surface area contributed by atoms with Crippen molar-refractivity contribution in [3.63, 3.8) is 0 Å². The van der Waals surface area contributed by atoms with Crippen LogP contribution in [0.25, 0.3) is 33.1 Å². The molecule has 1 aliphatic heterocycles. The number of anilines is 3. The van der Waals surface area contributed by atoms with E-state index in [1.54, 1.807) is 0 Å². The van der Waals surface area contributed by atoms with Crippen molar-refractivity contribution in [3.8, 4) is 11.1 Å². The zero-order chi connectivity index (χ0) is 28.2. The second-order valence-corrected chi connectivity index (χ2v) is 11.7. The van der Waals surface area contributed by atoms with Crippen molar-refractivity contribution in [2.75, 3.05) is 4.90 Å². The van der Waals surface area contributed by atoms with Crippen molar-refractivity contribution >= 4 is 51.6 Å². The number of rotatable bonds is 5. The summed E-state index contributed by atoms with van der Waals surface area (Å²) in [5.74, 6) is 0. The van der Waals surface area contributed by atoms with E-state index < -0.39 is 0 Å². The molecule has 2 heterocycles. The van der Waals surface area contributed by atoms with E-state index in [-0.39, 0.29) is 18.3 Å². The van der Waals surface area contributed by atoms with Gasteiger partial charge >= 0.3 is 7.12 Å². The van der Waals surface area contributed by atoms with Gasteiger partial charge in [0.05, 0.1) is 11.2 Å². The summed E-state index contributed by atoms with van der Waals surface area (Å²) in [5, 5.41) is 2.27. The van der Waals surface area contributed by atoms with E-state index >= 15 is 0 Å². The van der Waals surface area contributed by atoms with Gasteiger partial charge < -0.3 is 18.6 Å². The van der Waals surface area contributed by atoms with Gasteiger partial charge in [-0.1, -0.05) is 78.9 Å². The first-order chi connectivity index (χ1) is 19.8. The van der Waals surface area contributed by atoms with Gasteiger partial charge in [-0.3, -0.25) is 0 Å². The summed E-state index contributed by atoms with van der Waals surface area (Å²) in [6.07, 6.45) is 0. The molecule has 5 aromatic carbocycles. The zero-order valence-corrected chi connectivity index (χ0v) is 23.8. The minimum Gasteiger partial charge on any atom is -0.455 e. The van der Waals surface area contributed by atoms with Gasteiger partial charge in [0, 0.05) is 33.4 Å². The first kappa shape index (κ1) is 25.6. The summed E-state index contributed by atoms with van der Waals surface area (Å²) in [4.78, 5) is 2.26. The molecule has 0 radical (unpaired) electrons. The molecule has 1 aliphatic rings. The number of fused-ring (bicyclic) bond motifs is 3. The molecule has 0 spiro atoms. The van der Waals surface area contributed by atoms with Gasteiger partial charge in [0.25, 0.3) is 0 Å². The number of para-hydroxylation sites is 3. The third-order valence-corrected chi connectivity index (χ3v) is 8.53. The second-order valence-electron chi connectivity index (χ2n) is 11.7. The van der Waals surface area contributed by atoms with Gasteiger partial charge in [0.15, 0.2) is 0 Å². The molecule has 0 bridgehead atoms. The number of furan rings is 1. The number of hydrogen-bond donors (Lipinski definition) is 0. The van der Waals surface area contributed by atoms with Crippen molar-refractivity contribution in [3.05, 3.63) is 121 Å². The Balaban J connectivity index is 1.24. The molecule has 1 fully saturated rings. The van der Waals surface area contributed by atoms with Crippen LogP contribution < -0.4 is 10.4 Å². The van der Waals surface area contributed by atoms with Crippen LogP contribution in [0.5, 0.6) is 0 Å². The Morgan fingerprint density at radius 3 is 1.78 bits per heavy atom. The van der Waals surface area contributed by atoms with Crippen LogP contribution >= 0.6 is 0 Å². The minimum atomic E-state index is -0.389. The Morgan fingerprint density at radius 2 is 1.10 bits per heavy atom. The zero-order valence-electron chi connectivity index (χ0n) is 23.8. The van der Waals surface area contributed by atoms with Gasteiger partial charge in [-0.05, 0) is 81.2 Å². The fraction of sp³-hybridized carbons (Fsp3) is 0.167. The molecule has 0 amide bonds. The van der Waals surface area contributed by atoms with Crippen LogP contribution in [0.4, 0.5) is 17.1 Å². The molecule has 0 atom stereocenters. The average Bonchev–Trinajstić information content (AvgIpc) is 3.47. The Bertz CT molecular complexity index is 1820. The van der Waals surface area contributed by atoms with Crippen LogP contribution in [0.1, 0.15) is 27.7 Å². The molecule has 0 saturated carbocycles. The van der Waals surface area contributed by atoms with Gasteiger partial charge in [0.2, 0.25) is 0 Å². The SMILES string of the molecule is CC1(C)OB(c2ccc(N(c3ccccc3)c3ccc(-c4cccc5c4oc4ccccc45)cc3)cc2)OC1(C)C. The second kappa shape index (κ2) is 9.65. The van der Waals surface area contributed by atoms with Crippen molar-refractivity contribution in [2.45, 2.75) is 38.9 Å². The van der Waals surface area contributed by atoms with E-state index in [1.807, 2.05) is 18.2 Å². The van der Waals surface area contributed by atoms with Crippen molar-refractivity contribution in [1.29, 1.82) is 0 Å². The molecule has 5 heteroatoms. The summed E-state index contributed by atoms with van der Waals surface area (Å²) in [7, 11) is -0.389. The molecule has 7 rings (SSSR count). The standard InChI is InChI=1S/C36H32BNO3/c1-35(2)36(3,4)41-37(40-35)26-19-23-29(24-20-26)38(27-11-6-5-7-12-27)28-21-17-25(18-22-28)30-14-10-15-32-31-13-8-9-16-33(31)39-34(30)32/h5-24H,1-4H3. The number of benzene rings is 5. The van der Waals surface area contributed by atoms with Crippen molar-refractivity contribution in [2.24, 2.45) is 0 Å². The van der Waals surface area contributed by atoms with E-state index in [1.165, 1.54) is 0 Å². The molecule has 0 aliphatic carbocycles. The Kier molecular flexibility index (Phi) is 6.04. The predicted molar refractivity (Wildman–Crippen MR) is 170 cm³/mol. The highest BCUT2D eigenvalue weighted by Gasteiger charge is 2.51. The maximum absolute atomic E-state index is 6.30. The summed E-state index contributed by atoms with van der Waals surface area (Å²) in [6.45, 7) is 8.32. The molecular weight excluding hydrogens is 505 g/mol. The maximum Gasteiger partial charge on any atom is 0.494 e. The highest BCUT2D eigenvalue weighted by atomic mass is 16.7. The maximum atomic E-state index is 6.30. The lowest BCUT2D eigenvalue weighted by Crippen LogP contribution is -2.41. The third kappa shape index (κ3) is 4.42. The van der Waals surface area contributed by atoms with Gasteiger partial charge in [-0.15, -0.1) is 0 Å². The normalized spacial score (nSPS) is 16.0. The van der Waals surface area contributed by atoms with Gasteiger partial charge in [0.1, 0.15) is 11.2 Å². The minimum absolute atomic E-state index is 0.374. The van der Waals surface area contributed by atoms with E-state index in [9.17, 15) is 0 Å². The molecule has 4 nitrogen and oxygen atoms in total. The summed E-state index contributed by atoms with van der Waals surface area (Å²) in [6, 6.07) is 42.2. The molecule has 0 unspecified atom stereocenters. The smallest absolute Gasteiger partial charge is 0.455 e. The Labute approximate surface area is 241 Å². The predicted octanol–water partition coefficient (Wildman–Crippen LogP) is 9.02. The largest absolute Gasteiger partial charge is 0.494 e. The summed E-state index contributed by atoms with van der Waals surface area (Å²) in [5.41, 5.74) is 7.50. The van der Waals surface area contributed by atoms with Crippen LogP contribution in [-0.2, 0) is 9.31 Å². The topological polar surface area (TPSA) is 34.8 Å². The number of hydrogen-bond acceptors (Lipinski definition) is 4. The van der Waals surface area contributed by atoms with E-state index in [0.717, 1.165) is 55.6 Å². The third-order valence-electron chi connectivity index (χ3n) is 8.53. The average molecular weight is 537 g/mol.